The number of hydrogen-bond acceptors (Lipinski definition) is 5. The minimum Gasteiger partial charge on any atom is -0.463 e. The minimum atomic E-state index is -0.408. The highest BCUT2D eigenvalue weighted by atomic mass is 16.5. The third kappa shape index (κ3) is 12.6. The maximum atomic E-state index is 10.7. The van der Waals surface area contributed by atoms with E-state index in [0.717, 1.165) is 31.4 Å². The van der Waals surface area contributed by atoms with Gasteiger partial charge in [-0.05, 0) is 19.3 Å². The Labute approximate surface area is 114 Å². The van der Waals surface area contributed by atoms with E-state index in [-0.39, 0.29) is 5.97 Å². The van der Waals surface area contributed by atoms with Gasteiger partial charge in [0.1, 0.15) is 0 Å². The van der Waals surface area contributed by atoms with Crippen LogP contribution in [0.25, 0.3) is 0 Å². The highest BCUT2D eigenvalue weighted by Gasteiger charge is 1.97. The number of hydrogen-bond donors (Lipinski definition) is 0. The maximum Gasteiger partial charge on any atom is 0.330 e. The molecule has 5 nitrogen and oxygen atoms in total. The van der Waals surface area contributed by atoms with E-state index in [1.54, 1.807) is 0 Å². The predicted molar refractivity (Wildman–Crippen MR) is 71.6 cm³/mol. The summed E-state index contributed by atoms with van der Waals surface area (Å²) in [4.78, 5) is 21.4. The second kappa shape index (κ2) is 12.8. The summed E-state index contributed by atoms with van der Waals surface area (Å²) in [6.07, 6.45) is 5.65. The molecular formula is C14H22O5. The summed E-state index contributed by atoms with van der Waals surface area (Å²) in [5, 5.41) is 0. The summed E-state index contributed by atoms with van der Waals surface area (Å²) in [5.74, 6) is -0.792. The molecule has 0 aliphatic heterocycles. The summed E-state index contributed by atoms with van der Waals surface area (Å²) in [5.41, 5.74) is 0. The van der Waals surface area contributed by atoms with Crippen molar-refractivity contribution in [1.29, 1.82) is 0 Å². The Hall–Kier alpha value is -1.62. The summed E-state index contributed by atoms with van der Waals surface area (Å²) in [7, 11) is 0. The van der Waals surface area contributed by atoms with Crippen LogP contribution in [0.15, 0.2) is 25.3 Å². The topological polar surface area (TPSA) is 61.8 Å². The third-order valence-corrected chi connectivity index (χ3v) is 2.19. The lowest BCUT2D eigenvalue weighted by Gasteiger charge is -2.05. The van der Waals surface area contributed by atoms with Gasteiger partial charge in [-0.2, -0.15) is 0 Å². The van der Waals surface area contributed by atoms with E-state index in [9.17, 15) is 9.59 Å². The van der Waals surface area contributed by atoms with Gasteiger partial charge < -0.3 is 14.2 Å². The van der Waals surface area contributed by atoms with Crippen molar-refractivity contribution in [3.8, 4) is 0 Å². The first-order valence-corrected chi connectivity index (χ1v) is 6.37. The van der Waals surface area contributed by atoms with Gasteiger partial charge in [-0.3, -0.25) is 0 Å². The lowest BCUT2D eigenvalue weighted by Crippen LogP contribution is -2.06. The molecule has 0 bridgehead atoms. The van der Waals surface area contributed by atoms with Gasteiger partial charge in [0.15, 0.2) is 0 Å². The van der Waals surface area contributed by atoms with E-state index in [2.05, 4.69) is 13.2 Å². The van der Waals surface area contributed by atoms with Gasteiger partial charge in [-0.15, -0.1) is 0 Å². The zero-order chi connectivity index (χ0) is 14.3. The van der Waals surface area contributed by atoms with Crippen LogP contribution in [0.1, 0.15) is 25.7 Å². The average molecular weight is 270 g/mol. The van der Waals surface area contributed by atoms with Gasteiger partial charge in [0.05, 0.1) is 13.2 Å². The molecule has 0 N–H and O–H groups in total. The van der Waals surface area contributed by atoms with Crippen LogP contribution < -0.4 is 0 Å². The SMILES string of the molecule is C=CC(=O)OCCCCCOCCCOC(=O)C=C. The normalized spacial score (nSPS) is 9.68. The molecule has 0 saturated heterocycles. The number of rotatable bonds is 12. The zero-order valence-electron chi connectivity index (χ0n) is 11.3. The van der Waals surface area contributed by atoms with Crippen LogP contribution in [0.5, 0.6) is 0 Å². The first-order valence-electron chi connectivity index (χ1n) is 6.37. The largest absolute Gasteiger partial charge is 0.463 e. The first-order chi connectivity index (χ1) is 9.20. The average Bonchev–Trinajstić information content (AvgIpc) is 2.43. The Balaban J connectivity index is 3.10. The number of unbranched alkanes of at least 4 members (excludes halogenated alkanes) is 2. The van der Waals surface area contributed by atoms with E-state index in [1.165, 1.54) is 0 Å². The molecule has 0 radical (unpaired) electrons. The summed E-state index contributed by atoms with van der Waals surface area (Å²) in [6, 6.07) is 0. The Kier molecular flexibility index (Phi) is 11.7. The third-order valence-electron chi connectivity index (χ3n) is 2.19. The van der Waals surface area contributed by atoms with Crippen LogP contribution in [0.3, 0.4) is 0 Å². The predicted octanol–water partition coefficient (Wildman–Crippen LogP) is 2.02. The lowest BCUT2D eigenvalue weighted by atomic mass is 10.2. The number of esters is 2. The minimum absolute atomic E-state index is 0.350. The zero-order valence-corrected chi connectivity index (χ0v) is 11.3. The molecule has 0 fully saturated rings. The standard InChI is InChI=1S/C14H22O5/c1-3-13(15)18-11-7-5-6-9-17-10-8-12-19-14(16)4-2/h3-4H,1-2,5-12H2. The fraction of sp³-hybridized carbons (Fsp3) is 0.571. The fourth-order valence-corrected chi connectivity index (χ4v) is 1.21. The molecule has 0 rings (SSSR count). The van der Waals surface area contributed by atoms with Gasteiger partial charge in [-0.25, -0.2) is 9.59 Å². The van der Waals surface area contributed by atoms with E-state index in [0.29, 0.717) is 32.8 Å². The monoisotopic (exact) mass is 270 g/mol. The maximum absolute atomic E-state index is 10.7. The summed E-state index contributed by atoms with van der Waals surface area (Å²) >= 11 is 0. The molecule has 0 aliphatic carbocycles. The molecule has 19 heavy (non-hydrogen) atoms. The molecule has 0 amide bonds. The van der Waals surface area contributed by atoms with Crippen molar-refractivity contribution in [2.75, 3.05) is 26.4 Å². The second-order valence-corrected chi connectivity index (χ2v) is 3.77. The molecule has 0 saturated carbocycles. The molecule has 0 aromatic carbocycles. The molecule has 0 unspecified atom stereocenters. The molecule has 0 heterocycles. The van der Waals surface area contributed by atoms with E-state index >= 15 is 0 Å². The van der Waals surface area contributed by atoms with Crippen LogP contribution in [0, 0.1) is 0 Å². The summed E-state index contributed by atoms with van der Waals surface area (Å²) in [6.45, 7) is 8.60. The Morgan fingerprint density at radius 3 is 1.79 bits per heavy atom. The van der Waals surface area contributed by atoms with E-state index in [1.807, 2.05) is 0 Å². The van der Waals surface area contributed by atoms with Crippen LogP contribution in [-0.2, 0) is 23.8 Å². The van der Waals surface area contributed by atoms with Crippen LogP contribution in [0.2, 0.25) is 0 Å². The van der Waals surface area contributed by atoms with Crippen molar-refractivity contribution >= 4 is 11.9 Å². The first kappa shape index (κ1) is 17.4. The Bertz CT molecular complexity index is 258. The van der Waals surface area contributed by atoms with Crippen LogP contribution in [-0.4, -0.2) is 38.4 Å². The van der Waals surface area contributed by atoms with Crippen molar-refractivity contribution in [3.63, 3.8) is 0 Å². The van der Waals surface area contributed by atoms with Gasteiger partial charge in [0.2, 0.25) is 0 Å². The fourth-order valence-electron chi connectivity index (χ4n) is 1.21. The van der Waals surface area contributed by atoms with Gasteiger partial charge >= 0.3 is 11.9 Å². The number of ether oxygens (including phenoxy) is 3. The molecule has 0 spiro atoms. The Morgan fingerprint density at radius 2 is 1.21 bits per heavy atom. The molecule has 5 heteroatoms. The highest BCUT2D eigenvalue weighted by Crippen LogP contribution is 1.98. The molecule has 108 valence electrons. The molecule has 0 aliphatic rings. The van der Waals surface area contributed by atoms with E-state index < -0.39 is 5.97 Å². The van der Waals surface area contributed by atoms with Gasteiger partial charge in [-0.1, -0.05) is 13.2 Å². The van der Waals surface area contributed by atoms with Crippen molar-refractivity contribution in [2.24, 2.45) is 0 Å². The molecule has 0 aromatic rings. The second-order valence-electron chi connectivity index (χ2n) is 3.77. The molecule has 0 atom stereocenters. The summed E-state index contributed by atoms with van der Waals surface area (Å²) < 4.78 is 15.0. The highest BCUT2D eigenvalue weighted by molar-refractivity contribution is 5.81. The van der Waals surface area contributed by atoms with E-state index in [4.69, 9.17) is 14.2 Å². The smallest absolute Gasteiger partial charge is 0.330 e. The number of carbonyl (C=O) groups is 2. The van der Waals surface area contributed by atoms with Crippen LogP contribution in [0.4, 0.5) is 0 Å². The Morgan fingerprint density at radius 1 is 0.737 bits per heavy atom. The van der Waals surface area contributed by atoms with Crippen molar-refractivity contribution in [3.05, 3.63) is 25.3 Å². The molecular weight excluding hydrogens is 248 g/mol. The number of carbonyl (C=O) groups excluding carboxylic acids is 2. The van der Waals surface area contributed by atoms with Gasteiger partial charge in [0.25, 0.3) is 0 Å². The van der Waals surface area contributed by atoms with Crippen LogP contribution >= 0.6 is 0 Å². The van der Waals surface area contributed by atoms with Crippen molar-refractivity contribution in [2.45, 2.75) is 25.7 Å². The lowest BCUT2D eigenvalue weighted by molar-refractivity contribution is -0.138. The van der Waals surface area contributed by atoms with Crippen molar-refractivity contribution < 1.29 is 23.8 Å². The van der Waals surface area contributed by atoms with Crippen molar-refractivity contribution in [1.82, 2.24) is 0 Å². The van der Waals surface area contributed by atoms with Gasteiger partial charge in [0, 0.05) is 31.8 Å². The quantitative estimate of drug-likeness (QED) is 0.308. The molecule has 0 aromatic heterocycles.